The molecule has 0 spiro atoms. The summed E-state index contributed by atoms with van der Waals surface area (Å²) in [5.41, 5.74) is 9.40. The Labute approximate surface area is 174 Å². The van der Waals surface area contributed by atoms with Crippen molar-refractivity contribution in [2.45, 2.75) is 12.6 Å². The van der Waals surface area contributed by atoms with E-state index in [1.807, 2.05) is 54.6 Å². The van der Waals surface area contributed by atoms with Crippen LogP contribution >= 0.6 is 0 Å². The van der Waals surface area contributed by atoms with Crippen LogP contribution in [0.15, 0.2) is 79.1 Å². The summed E-state index contributed by atoms with van der Waals surface area (Å²) in [5.74, 6) is -0.454. The van der Waals surface area contributed by atoms with Gasteiger partial charge in [0.15, 0.2) is 0 Å². The Morgan fingerprint density at radius 1 is 1.03 bits per heavy atom. The van der Waals surface area contributed by atoms with Crippen molar-refractivity contribution in [3.05, 3.63) is 95.8 Å². The summed E-state index contributed by atoms with van der Waals surface area (Å²) < 4.78 is 0. The van der Waals surface area contributed by atoms with E-state index in [0.29, 0.717) is 24.3 Å². The van der Waals surface area contributed by atoms with Crippen LogP contribution in [0.3, 0.4) is 0 Å². The van der Waals surface area contributed by atoms with E-state index in [0.717, 1.165) is 11.1 Å². The van der Waals surface area contributed by atoms with E-state index >= 15 is 0 Å². The predicted molar refractivity (Wildman–Crippen MR) is 114 cm³/mol. The van der Waals surface area contributed by atoms with Gasteiger partial charge in [-0.1, -0.05) is 42.5 Å². The first-order valence-corrected chi connectivity index (χ1v) is 9.82. The molecule has 2 heterocycles. The van der Waals surface area contributed by atoms with Crippen LogP contribution in [-0.4, -0.2) is 23.3 Å². The van der Waals surface area contributed by atoms with Gasteiger partial charge >= 0.3 is 0 Å². The van der Waals surface area contributed by atoms with Gasteiger partial charge in [-0.2, -0.15) is 0 Å². The van der Waals surface area contributed by atoms with Gasteiger partial charge < -0.3 is 10.6 Å². The third kappa shape index (κ3) is 4.71. The van der Waals surface area contributed by atoms with E-state index in [1.165, 1.54) is 6.20 Å². The molecule has 0 saturated carbocycles. The molecule has 3 aromatic rings. The van der Waals surface area contributed by atoms with Crippen molar-refractivity contribution >= 4 is 17.5 Å². The van der Waals surface area contributed by atoms with Gasteiger partial charge in [-0.15, -0.1) is 0 Å². The minimum absolute atomic E-state index is 0.0221. The molecule has 4 N–H and O–H groups in total. The van der Waals surface area contributed by atoms with Gasteiger partial charge in [-0.05, 0) is 35.4 Å². The van der Waals surface area contributed by atoms with E-state index < -0.39 is 0 Å². The zero-order valence-corrected chi connectivity index (χ0v) is 16.3. The molecule has 30 heavy (non-hydrogen) atoms. The standard InChI is InChI=1S/C23H23N5O2/c29-22(18-9-5-11-24-14-18)27-19-10-4-6-16(12-19)13-25-23(30)20-15-26-28-21(20)17-7-2-1-3-8-17/h1-12,14,20-21,26,28H,13,15H2,(H,25,30)(H,27,29). The van der Waals surface area contributed by atoms with Crippen molar-refractivity contribution in [2.75, 3.05) is 11.9 Å². The fraction of sp³-hybridized carbons (Fsp3) is 0.174. The molecule has 0 radical (unpaired) electrons. The summed E-state index contributed by atoms with van der Waals surface area (Å²) in [4.78, 5) is 29.0. The van der Waals surface area contributed by atoms with Crippen LogP contribution in [0.5, 0.6) is 0 Å². The highest BCUT2D eigenvalue weighted by Crippen LogP contribution is 2.25. The quantitative estimate of drug-likeness (QED) is 0.509. The van der Waals surface area contributed by atoms with Crippen LogP contribution in [0.25, 0.3) is 0 Å². The Balaban J connectivity index is 1.36. The Hall–Kier alpha value is -3.55. The van der Waals surface area contributed by atoms with Gasteiger partial charge in [0.05, 0.1) is 17.5 Å². The number of pyridine rings is 1. The van der Waals surface area contributed by atoms with Gasteiger partial charge in [0.25, 0.3) is 5.91 Å². The number of nitrogens with zero attached hydrogens (tertiary/aromatic N) is 1. The SMILES string of the molecule is O=C(Nc1cccc(CNC(=O)C2CNNC2c2ccccc2)c1)c1cccnc1. The lowest BCUT2D eigenvalue weighted by Gasteiger charge is -2.18. The second-order valence-electron chi connectivity index (χ2n) is 7.13. The Bertz CT molecular complexity index is 1010. The van der Waals surface area contributed by atoms with Gasteiger partial charge in [0.2, 0.25) is 5.91 Å². The third-order valence-electron chi connectivity index (χ3n) is 5.05. The molecule has 1 aromatic heterocycles. The maximum atomic E-state index is 12.8. The molecular formula is C23H23N5O2. The molecule has 2 aromatic carbocycles. The molecule has 1 aliphatic rings. The minimum atomic E-state index is -0.224. The van der Waals surface area contributed by atoms with Crippen LogP contribution < -0.4 is 21.5 Å². The molecule has 152 valence electrons. The van der Waals surface area contributed by atoms with Gasteiger partial charge in [0, 0.05) is 31.2 Å². The molecule has 1 fully saturated rings. The van der Waals surface area contributed by atoms with Crippen molar-refractivity contribution in [1.29, 1.82) is 0 Å². The first-order chi connectivity index (χ1) is 14.7. The maximum absolute atomic E-state index is 12.8. The number of hydrogen-bond donors (Lipinski definition) is 4. The van der Waals surface area contributed by atoms with E-state index in [-0.39, 0.29) is 23.8 Å². The fourth-order valence-electron chi connectivity index (χ4n) is 3.50. The molecule has 0 bridgehead atoms. The normalized spacial score (nSPS) is 18.0. The highest BCUT2D eigenvalue weighted by atomic mass is 16.2. The third-order valence-corrected chi connectivity index (χ3v) is 5.05. The zero-order chi connectivity index (χ0) is 20.8. The number of carbonyl (C=O) groups excluding carboxylic acids is 2. The van der Waals surface area contributed by atoms with Crippen molar-refractivity contribution in [3.8, 4) is 0 Å². The lowest BCUT2D eigenvalue weighted by Crippen LogP contribution is -2.34. The molecule has 2 unspecified atom stereocenters. The Morgan fingerprint density at radius 3 is 2.70 bits per heavy atom. The molecule has 1 saturated heterocycles. The van der Waals surface area contributed by atoms with Crippen LogP contribution in [0.2, 0.25) is 0 Å². The van der Waals surface area contributed by atoms with Crippen LogP contribution in [0.1, 0.15) is 27.5 Å². The number of amides is 2. The molecule has 2 amide bonds. The fourth-order valence-corrected chi connectivity index (χ4v) is 3.50. The van der Waals surface area contributed by atoms with Crippen molar-refractivity contribution in [1.82, 2.24) is 21.2 Å². The average Bonchev–Trinajstić information content (AvgIpc) is 3.29. The van der Waals surface area contributed by atoms with Gasteiger partial charge in [0.1, 0.15) is 0 Å². The topological polar surface area (TPSA) is 95.2 Å². The zero-order valence-electron chi connectivity index (χ0n) is 16.3. The monoisotopic (exact) mass is 401 g/mol. The maximum Gasteiger partial charge on any atom is 0.257 e. The van der Waals surface area contributed by atoms with Crippen molar-refractivity contribution in [2.24, 2.45) is 5.92 Å². The van der Waals surface area contributed by atoms with E-state index in [9.17, 15) is 9.59 Å². The molecule has 4 rings (SSSR count). The molecule has 1 aliphatic heterocycles. The number of nitrogens with one attached hydrogen (secondary N) is 4. The first-order valence-electron chi connectivity index (χ1n) is 9.82. The number of rotatable bonds is 6. The Kier molecular flexibility index (Phi) is 6.12. The lowest BCUT2D eigenvalue weighted by atomic mass is 9.94. The highest BCUT2D eigenvalue weighted by molar-refractivity contribution is 6.04. The molecule has 7 heteroatoms. The number of aromatic nitrogens is 1. The Morgan fingerprint density at radius 2 is 1.90 bits per heavy atom. The number of benzene rings is 2. The summed E-state index contributed by atoms with van der Waals surface area (Å²) in [6.07, 6.45) is 3.14. The number of carbonyl (C=O) groups is 2. The van der Waals surface area contributed by atoms with Gasteiger partial charge in [-0.3, -0.25) is 20.0 Å². The first kappa shape index (κ1) is 19.8. The van der Waals surface area contributed by atoms with Crippen LogP contribution in [-0.2, 0) is 11.3 Å². The molecule has 0 aliphatic carbocycles. The minimum Gasteiger partial charge on any atom is -0.352 e. The summed E-state index contributed by atoms with van der Waals surface area (Å²) in [7, 11) is 0. The van der Waals surface area contributed by atoms with E-state index in [1.54, 1.807) is 18.3 Å². The van der Waals surface area contributed by atoms with Crippen LogP contribution in [0, 0.1) is 5.92 Å². The average molecular weight is 401 g/mol. The second-order valence-corrected chi connectivity index (χ2v) is 7.13. The summed E-state index contributed by atoms with van der Waals surface area (Å²) in [6, 6.07) is 20.7. The van der Waals surface area contributed by atoms with Gasteiger partial charge in [-0.25, -0.2) is 5.43 Å². The number of hydrazine groups is 1. The molecule has 7 nitrogen and oxygen atoms in total. The molecular weight excluding hydrogens is 378 g/mol. The largest absolute Gasteiger partial charge is 0.352 e. The highest BCUT2D eigenvalue weighted by Gasteiger charge is 2.33. The summed E-state index contributed by atoms with van der Waals surface area (Å²) in [5, 5.41) is 5.87. The van der Waals surface area contributed by atoms with E-state index in [2.05, 4.69) is 26.5 Å². The van der Waals surface area contributed by atoms with Crippen molar-refractivity contribution in [3.63, 3.8) is 0 Å². The van der Waals surface area contributed by atoms with Crippen LogP contribution in [0.4, 0.5) is 5.69 Å². The lowest BCUT2D eigenvalue weighted by molar-refractivity contribution is -0.125. The smallest absolute Gasteiger partial charge is 0.257 e. The second kappa shape index (κ2) is 9.30. The van der Waals surface area contributed by atoms with Crippen molar-refractivity contribution < 1.29 is 9.59 Å². The summed E-state index contributed by atoms with van der Waals surface area (Å²) >= 11 is 0. The number of hydrogen-bond acceptors (Lipinski definition) is 5. The summed E-state index contributed by atoms with van der Waals surface area (Å²) in [6.45, 7) is 0.944. The van der Waals surface area contributed by atoms with E-state index in [4.69, 9.17) is 0 Å². The number of anilines is 1. The predicted octanol–water partition coefficient (Wildman–Crippen LogP) is 2.42. The molecule has 2 atom stereocenters.